The molecule has 6 heteroatoms. The van der Waals surface area contributed by atoms with Crippen LogP contribution in [0.25, 0.3) is 11.3 Å². The van der Waals surface area contributed by atoms with E-state index in [1.807, 2.05) is 42.5 Å². The van der Waals surface area contributed by atoms with Crippen LogP contribution in [0, 0.1) is 0 Å². The van der Waals surface area contributed by atoms with Crippen LogP contribution in [0.15, 0.2) is 54.6 Å². The molecular weight excluding hydrogens is 364 g/mol. The van der Waals surface area contributed by atoms with Crippen LogP contribution in [0.5, 0.6) is 11.5 Å². The van der Waals surface area contributed by atoms with E-state index < -0.39 is 0 Å². The second-order valence-electron chi connectivity index (χ2n) is 6.52. The maximum atomic E-state index is 5.39. The summed E-state index contributed by atoms with van der Waals surface area (Å²) in [5.74, 6) is 2.93. The minimum absolute atomic E-state index is 0.580. The Hall–Kier alpha value is -3.28. The lowest BCUT2D eigenvalue weighted by molar-refractivity contribution is 0.354. The number of anilines is 2. The molecular formula is C23H28N4O2. The van der Waals surface area contributed by atoms with E-state index in [1.165, 1.54) is 0 Å². The third-order valence-corrected chi connectivity index (χ3v) is 4.77. The first-order valence-electron chi connectivity index (χ1n) is 9.82. The second-order valence-corrected chi connectivity index (χ2v) is 6.52. The van der Waals surface area contributed by atoms with Gasteiger partial charge in [-0.3, -0.25) is 0 Å². The number of rotatable bonds is 9. The van der Waals surface area contributed by atoms with Gasteiger partial charge in [-0.25, -0.2) is 4.98 Å². The summed E-state index contributed by atoms with van der Waals surface area (Å²) in [7, 11) is 3.27. The Balaban J connectivity index is 1.89. The van der Waals surface area contributed by atoms with Crippen LogP contribution in [0.3, 0.4) is 0 Å². The van der Waals surface area contributed by atoms with Gasteiger partial charge in [0.1, 0.15) is 5.82 Å². The number of ether oxygens (including phenoxy) is 2. The van der Waals surface area contributed by atoms with Crippen molar-refractivity contribution < 1.29 is 9.47 Å². The molecule has 0 atom stereocenters. The molecule has 0 radical (unpaired) electrons. The Morgan fingerprint density at radius 1 is 0.862 bits per heavy atom. The number of aromatic nitrogens is 2. The SMILES string of the molecule is CCN(CC)c1cc(-c2ccccc2)nc(NCc2ccc(OC)c(OC)c2)n1. The lowest BCUT2D eigenvalue weighted by atomic mass is 10.1. The van der Waals surface area contributed by atoms with E-state index in [0.717, 1.165) is 35.7 Å². The van der Waals surface area contributed by atoms with Gasteiger partial charge in [0.2, 0.25) is 5.95 Å². The van der Waals surface area contributed by atoms with E-state index in [2.05, 4.69) is 36.2 Å². The lowest BCUT2D eigenvalue weighted by Gasteiger charge is -2.21. The predicted molar refractivity (Wildman–Crippen MR) is 118 cm³/mol. The fourth-order valence-electron chi connectivity index (χ4n) is 3.15. The molecule has 2 aromatic carbocycles. The van der Waals surface area contributed by atoms with Crippen molar-refractivity contribution in [2.45, 2.75) is 20.4 Å². The lowest BCUT2D eigenvalue weighted by Crippen LogP contribution is -2.23. The van der Waals surface area contributed by atoms with Gasteiger partial charge >= 0.3 is 0 Å². The number of methoxy groups -OCH3 is 2. The molecule has 1 N–H and O–H groups in total. The fraction of sp³-hybridized carbons (Fsp3) is 0.304. The largest absolute Gasteiger partial charge is 0.493 e. The Labute approximate surface area is 172 Å². The standard InChI is InChI=1S/C23H28N4O2/c1-5-27(6-2)22-15-19(18-10-8-7-9-11-18)25-23(26-22)24-16-17-12-13-20(28-3)21(14-17)29-4/h7-15H,5-6,16H2,1-4H3,(H,24,25,26). The first-order chi connectivity index (χ1) is 14.2. The van der Waals surface area contributed by atoms with E-state index in [1.54, 1.807) is 14.2 Å². The van der Waals surface area contributed by atoms with E-state index in [0.29, 0.717) is 24.0 Å². The van der Waals surface area contributed by atoms with E-state index in [-0.39, 0.29) is 0 Å². The quantitative estimate of drug-likeness (QED) is 0.573. The molecule has 29 heavy (non-hydrogen) atoms. The van der Waals surface area contributed by atoms with Gasteiger partial charge in [0.25, 0.3) is 0 Å². The monoisotopic (exact) mass is 392 g/mol. The Morgan fingerprint density at radius 2 is 1.59 bits per heavy atom. The van der Waals surface area contributed by atoms with Gasteiger partial charge in [0.15, 0.2) is 11.5 Å². The summed E-state index contributed by atoms with van der Waals surface area (Å²) in [6.45, 7) is 6.61. The van der Waals surface area contributed by atoms with Gasteiger partial charge in [-0.05, 0) is 31.5 Å². The topological polar surface area (TPSA) is 59.5 Å². The molecule has 3 rings (SSSR count). The third kappa shape index (κ3) is 4.96. The Bertz CT molecular complexity index is 927. The van der Waals surface area contributed by atoms with Gasteiger partial charge in [-0.1, -0.05) is 36.4 Å². The highest BCUT2D eigenvalue weighted by molar-refractivity contribution is 5.64. The summed E-state index contributed by atoms with van der Waals surface area (Å²) in [5.41, 5.74) is 3.02. The summed E-state index contributed by atoms with van der Waals surface area (Å²) >= 11 is 0. The van der Waals surface area contributed by atoms with Crippen molar-refractivity contribution in [3.8, 4) is 22.8 Å². The van der Waals surface area contributed by atoms with Crippen LogP contribution in [0.1, 0.15) is 19.4 Å². The van der Waals surface area contributed by atoms with Crippen molar-refractivity contribution in [2.75, 3.05) is 37.5 Å². The zero-order chi connectivity index (χ0) is 20.6. The third-order valence-electron chi connectivity index (χ3n) is 4.77. The molecule has 152 valence electrons. The first kappa shape index (κ1) is 20.5. The van der Waals surface area contributed by atoms with E-state index >= 15 is 0 Å². The van der Waals surface area contributed by atoms with Crippen LogP contribution in [-0.2, 0) is 6.54 Å². The molecule has 3 aromatic rings. The first-order valence-corrected chi connectivity index (χ1v) is 9.82. The van der Waals surface area contributed by atoms with Crippen molar-refractivity contribution in [3.63, 3.8) is 0 Å². The summed E-state index contributed by atoms with van der Waals surface area (Å²) < 4.78 is 10.7. The van der Waals surface area contributed by atoms with Crippen LogP contribution in [0.4, 0.5) is 11.8 Å². The summed E-state index contributed by atoms with van der Waals surface area (Å²) in [6.07, 6.45) is 0. The molecule has 0 aliphatic rings. The average Bonchev–Trinajstić information content (AvgIpc) is 2.78. The maximum Gasteiger partial charge on any atom is 0.225 e. The van der Waals surface area contributed by atoms with Gasteiger partial charge < -0.3 is 19.7 Å². The molecule has 0 spiro atoms. The molecule has 1 aromatic heterocycles. The number of hydrogen-bond acceptors (Lipinski definition) is 6. The average molecular weight is 393 g/mol. The Kier molecular flexibility index (Phi) is 6.89. The molecule has 0 fully saturated rings. The van der Waals surface area contributed by atoms with Crippen LogP contribution in [0.2, 0.25) is 0 Å². The van der Waals surface area contributed by atoms with Gasteiger partial charge in [-0.15, -0.1) is 0 Å². The van der Waals surface area contributed by atoms with Crippen molar-refractivity contribution in [1.82, 2.24) is 9.97 Å². The normalized spacial score (nSPS) is 10.5. The predicted octanol–water partition coefficient (Wildman–Crippen LogP) is 4.62. The second kappa shape index (κ2) is 9.78. The van der Waals surface area contributed by atoms with Crippen LogP contribution < -0.4 is 19.7 Å². The molecule has 0 aliphatic carbocycles. The highest BCUT2D eigenvalue weighted by Crippen LogP contribution is 2.28. The van der Waals surface area contributed by atoms with Crippen LogP contribution >= 0.6 is 0 Å². The van der Waals surface area contributed by atoms with Crippen molar-refractivity contribution in [2.24, 2.45) is 0 Å². The zero-order valence-corrected chi connectivity index (χ0v) is 17.5. The molecule has 0 saturated carbocycles. The Morgan fingerprint density at radius 3 is 2.24 bits per heavy atom. The molecule has 1 heterocycles. The summed E-state index contributed by atoms with van der Waals surface area (Å²) in [6, 6.07) is 18.1. The van der Waals surface area contributed by atoms with Crippen molar-refractivity contribution in [1.29, 1.82) is 0 Å². The fourth-order valence-corrected chi connectivity index (χ4v) is 3.15. The summed E-state index contributed by atoms with van der Waals surface area (Å²) in [4.78, 5) is 11.7. The van der Waals surface area contributed by atoms with E-state index in [9.17, 15) is 0 Å². The molecule has 0 amide bonds. The zero-order valence-electron chi connectivity index (χ0n) is 17.5. The molecule has 0 aliphatic heterocycles. The van der Waals surface area contributed by atoms with Gasteiger partial charge in [0.05, 0.1) is 19.9 Å². The smallest absolute Gasteiger partial charge is 0.225 e. The number of nitrogens with zero attached hydrogens (tertiary/aromatic N) is 3. The van der Waals surface area contributed by atoms with Crippen molar-refractivity contribution in [3.05, 3.63) is 60.2 Å². The number of hydrogen-bond donors (Lipinski definition) is 1. The number of nitrogens with one attached hydrogen (secondary N) is 1. The van der Waals surface area contributed by atoms with Crippen molar-refractivity contribution >= 4 is 11.8 Å². The van der Waals surface area contributed by atoms with Crippen LogP contribution in [-0.4, -0.2) is 37.3 Å². The van der Waals surface area contributed by atoms with Gasteiger partial charge in [0, 0.05) is 31.3 Å². The maximum absolute atomic E-state index is 5.39. The highest BCUT2D eigenvalue weighted by atomic mass is 16.5. The molecule has 6 nitrogen and oxygen atoms in total. The minimum Gasteiger partial charge on any atom is -0.493 e. The molecule has 0 saturated heterocycles. The minimum atomic E-state index is 0.580. The molecule has 0 unspecified atom stereocenters. The summed E-state index contributed by atoms with van der Waals surface area (Å²) in [5, 5.41) is 3.36. The highest BCUT2D eigenvalue weighted by Gasteiger charge is 2.11. The number of benzene rings is 2. The molecule has 0 bridgehead atoms. The van der Waals surface area contributed by atoms with E-state index in [4.69, 9.17) is 19.4 Å². The van der Waals surface area contributed by atoms with Gasteiger partial charge in [-0.2, -0.15) is 4.98 Å².